The minimum absolute atomic E-state index is 0.102. The molecule has 1 saturated carbocycles. The first-order chi connectivity index (χ1) is 29.8. The number of likely N-dealkylation sites (tertiary alicyclic amines) is 1. The smallest absolute Gasteiger partial charge is 0.301 e. The number of anilines is 5. The number of carbonyl (C=O) groups excluding carboxylic acids is 2. The number of nitrogens with one attached hydrogen (secondary N) is 3. The van der Waals surface area contributed by atoms with Gasteiger partial charge in [0, 0.05) is 93.9 Å². The van der Waals surface area contributed by atoms with E-state index < -0.39 is 30.0 Å². The molecule has 8 heterocycles. The van der Waals surface area contributed by atoms with Crippen molar-refractivity contribution in [1.82, 2.24) is 34.5 Å². The molecule has 2 atom stereocenters. The van der Waals surface area contributed by atoms with E-state index in [2.05, 4.69) is 53.8 Å². The van der Waals surface area contributed by atoms with E-state index in [1.165, 1.54) is 4.57 Å². The average Bonchev–Trinajstić information content (AvgIpc) is 4.03. The van der Waals surface area contributed by atoms with Crippen molar-refractivity contribution in [2.24, 2.45) is 31.3 Å². The zero-order chi connectivity index (χ0) is 42.7. The number of alkyl halides is 2. The van der Waals surface area contributed by atoms with Gasteiger partial charge in [-0.05, 0) is 80.3 Å². The predicted molar refractivity (Wildman–Crippen MR) is 232 cm³/mol. The molecule has 0 radical (unpaired) electrons. The summed E-state index contributed by atoms with van der Waals surface area (Å²) >= 11 is 6.62. The Morgan fingerprint density at radius 1 is 0.935 bits per heavy atom. The number of fused-ring (bicyclic) bond motifs is 4. The van der Waals surface area contributed by atoms with E-state index in [0.29, 0.717) is 65.0 Å². The first-order valence-electron chi connectivity index (χ1n) is 21.6. The number of nitrogens with zero attached hydrogens (tertiary/aromatic N) is 8. The minimum Gasteiger partial charge on any atom is -0.480 e. The molecule has 18 heteroatoms. The number of ether oxygens (including phenoxy) is 1. The van der Waals surface area contributed by atoms with Gasteiger partial charge in [0.25, 0.3) is 5.56 Å². The molecule has 6 aliphatic rings. The zero-order valence-corrected chi connectivity index (χ0v) is 35.4. The number of amides is 2. The molecule has 2 aromatic carbocycles. The molecule has 0 bridgehead atoms. The molecule has 2 amide bonds. The highest BCUT2D eigenvalue weighted by molar-refractivity contribution is 6.33. The standard InChI is InChI=1S/C44H48ClF2N11O4/c1-54-32-9-5-26(15-30(32)36-37(41(54)61)62-23-44(46,47)38(51-36)25-3-4-25)49-39-31(45)17-48-42(52-39)58-21-43(22-58)19-56(20-43)18-24-11-13-57(14-12-24)27-6-7-28-33(16-27)55(2)53-35(28)29-8-10-34(59)50-40(29)60/h5-7,9,15-17,24-25,29,38,51H,3-4,8,10-14,18-23H2,1-2H3,(H,48,49,52)(H,50,59,60). The van der Waals surface area contributed by atoms with Crippen LogP contribution in [-0.2, 0) is 23.7 Å². The minimum atomic E-state index is -3.13. The number of benzene rings is 2. The molecular weight excluding hydrogens is 820 g/mol. The molecule has 4 saturated heterocycles. The molecule has 2 unspecified atom stereocenters. The fourth-order valence-electron chi connectivity index (χ4n) is 10.6. The topological polar surface area (TPSA) is 155 Å². The fourth-order valence-corrected chi connectivity index (χ4v) is 10.7. The maximum Gasteiger partial charge on any atom is 0.301 e. The van der Waals surface area contributed by atoms with Crippen LogP contribution < -0.4 is 36.0 Å². The van der Waals surface area contributed by atoms with Gasteiger partial charge in [0.05, 0.1) is 40.6 Å². The van der Waals surface area contributed by atoms with Gasteiger partial charge in [0.2, 0.25) is 23.5 Å². The van der Waals surface area contributed by atoms with Gasteiger partial charge in [0.1, 0.15) is 5.02 Å². The molecule has 3 aromatic heterocycles. The molecule has 5 fully saturated rings. The predicted octanol–water partition coefficient (Wildman–Crippen LogP) is 5.39. The Hall–Kier alpha value is -5.55. The van der Waals surface area contributed by atoms with Crippen molar-refractivity contribution >= 4 is 74.0 Å². The van der Waals surface area contributed by atoms with Crippen LogP contribution in [0.15, 0.2) is 47.4 Å². The largest absolute Gasteiger partial charge is 0.480 e. The molecule has 1 aliphatic carbocycles. The van der Waals surface area contributed by atoms with Gasteiger partial charge in [-0.25, -0.2) is 13.8 Å². The van der Waals surface area contributed by atoms with Crippen LogP contribution in [0.5, 0.6) is 5.75 Å². The molecular formula is C44H48ClF2N11O4. The van der Waals surface area contributed by atoms with E-state index in [4.69, 9.17) is 26.4 Å². The van der Waals surface area contributed by atoms with Crippen LogP contribution in [0, 0.1) is 17.3 Å². The Balaban J connectivity index is 0.700. The van der Waals surface area contributed by atoms with Crippen LogP contribution in [0.25, 0.3) is 21.8 Å². The summed E-state index contributed by atoms with van der Waals surface area (Å²) in [5.74, 6) is -2.66. The molecule has 11 rings (SSSR count). The Morgan fingerprint density at radius 2 is 1.73 bits per heavy atom. The van der Waals surface area contributed by atoms with Crippen molar-refractivity contribution in [3.63, 3.8) is 0 Å². The first-order valence-corrected chi connectivity index (χ1v) is 22.0. The van der Waals surface area contributed by atoms with Gasteiger partial charge >= 0.3 is 5.92 Å². The summed E-state index contributed by atoms with van der Waals surface area (Å²) in [6.07, 6.45) is 6.05. The number of hydrogen-bond acceptors (Lipinski definition) is 12. The highest BCUT2D eigenvalue weighted by atomic mass is 35.5. The number of halogens is 3. The van der Waals surface area contributed by atoms with E-state index in [9.17, 15) is 14.4 Å². The zero-order valence-electron chi connectivity index (χ0n) is 34.6. The van der Waals surface area contributed by atoms with Crippen LogP contribution in [0.3, 0.4) is 0 Å². The number of rotatable bonds is 8. The van der Waals surface area contributed by atoms with Crippen molar-refractivity contribution in [1.29, 1.82) is 0 Å². The van der Waals surface area contributed by atoms with E-state index in [0.717, 1.165) is 80.9 Å². The second-order valence-corrected chi connectivity index (χ2v) is 18.9. The Morgan fingerprint density at radius 3 is 2.48 bits per heavy atom. The SMILES string of the molecule is Cn1nc(C2CCC(=O)NC2=O)c2ccc(N3CCC(CN4CC5(C4)CN(c4ncc(Cl)c(Nc6ccc7c(c6)c6c(c(=O)n7C)OCC(F)(F)C(C7CC7)N6)n4)C5)CC3)cc21. The maximum atomic E-state index is 15.1. The number of carbonyl (C=O) groups is 2. The summed E-state index contributed by atoms with van der Waals surface area (Å²) in [6, 6.07) is 10.7. The van der Waals surface area contributed by atoms with Gasteiger partial charge in [-0.15, -0.1) is 0 Å². The lowest BCUT2D eigenvalue weighted by atomic mass is 9.72. The molecule has 3 N–H and O–H groups in total. The summed E-state index contributed by atoms with van der Waals surface area (Å²) in [4.78, 5) is 54.1. The van der Waals surface area contributed by atoms with E-state index in [1.807, 2.05) is 23.9 Å². The number of aryl methyl sites for hydroxylation is 2. The first kappa shape index (κ1) is 39.3. The summed E-state index contributed by atoms with van der Waals surface area (Å²) in [5, 5.41) is 15.4. The monoisotopic (exact) mass is 867 g/mol. The lowest BCUT2D eigenvalue weighted by molar-refractivity contribution is -0.134. The van der Waals surface area contributed by atoms with Gasteiger partial charge in [-0.1, -0.05) is 11.6 Å². The highest BCUT2D eigenvalue weighted by Crippen LogP contribution is 2.46. The van der Waals surface area contributed by atoms with Crippen molar-refractivity contribution in [3.05, 3.63) is 63.7 Å². The molecule has 1 spiro atoms. The Kier molecular flexibility index (Phi) is 9.20. The van der Waals surface area contributed by atoms with Gasteiger partial charge < -0.3 is 34.6 Å². The van der Waals surface area contributed by atoms with Crippen molar-refractivity contribution < 1.29 is 23.1 Å². The van der Waals surface area contributed by atoms with Gasteiger partial charge in [-0.3, -0.25) is 24.4 Å². The summed E-state index contributed by atoms with van der Waals surface area (Å²) in [5.41, 5.74) is 4.13. The third kappa shape index (κ3) is 6.78. The average molecular weight is 868 g/mol. The number of aromatic nitrogens is 5. The number of hydrogen-bond donors (Lipinski definition) is 3. The van der Waals surface area contributed by atoms with Crippen molar-refractivity contribution in [2.45, 2.75) is 56.4 Å². The Labute approximate surface area is 360 Å². The van der Waals surface area contributed by atoms with Crippen LogP contribution >= 0.6 is 11.6 Å². The van der Waals surface area contributed by atoms with Gasteiger partial charge in [-0.2, -0.15) is 10.1 Å². The van der Waals surface area contributed by atoms with Crippen LogP contribution in [0.2, 0.25) is 5.02 Å². The molecule has 5 aliphatic heterocycles. The third-order valence-corrected chi connectivity index (χ3v) is 14.3. The van der Waals surface area contributed by atoms with E-state index in [1.54, 1.807) is 19.3 Å². The van der Waals surface area contributed by atoms with Crippen molar-refractivity contribution in [3.8, 4) is 5.75 Å². The van der Waals surface area contributed by atoms with E-state index >= 15 is 8.78 Å². The molecule has 324 valence electrons. The summed E-state index contributed by atoms with van der Waals surface area (Å²) < 4.78 is 39.1. The van der Waals surface area contributed by atoms with Crippen LogP contribution in [0.1, 0.15) is 50.1 Å². The normalized spacial score (nSPS) is 23.6. The van der Waals surface area contributed by atoms with Gasteiger partial charge in [0.15, 0.2) is 12.4 Å². The molecule has 62 heavy (non-hydrogen) atoms. The second kappa shape index (κ2) is 14.5. The maximum absolute atomic E-state index is 15.1. The second-order valence-electron chi connectivity index (χ2n) is 18.5. The highest BCUT2D eigenvalue weighted by Gasteiger charge is 2.53. The van der Waals surface area contributed by atoms with Crippen molar-refractivity contribution in [2.75, 3.05) is 72.9 Å². The summed E-state index contributed by atoms with van der Waals surface area (Å²) in [6.45, 7) is 6.02. The molecule has 5 aromatic rings. The van der Waals surface area contributed by atoms with Crippen LogP contribution in [-0.4, -0.2) is 105 Å². The van der Waals surface area contributed by atoms with E-state index in [-0.39, 0.29) is 34.6 Å². The number of imide groups is 1. The number of piperidine rings is 2. The summed E-state index contributed by atoms with van der Waals surface area (Å²) in [7, 11) is 3.52. The number of pyridine rings is 1. The van der Waals surface area contributed by atoms with Crippen LogP contribution in [0.4, 0.5) is 37.6 Å². The lowest BCUT2D eigenvalue weighted by Crippen LogP contribution is -2.72. The Bertz CT molecular complexity index is 2720. The lowest BCUT2D eigenvalue weighted by Gasteiger charge is -2.61. The fraction of sp³-hybridized carbons (Fsp3) is 0.500. The quantitative estimate of drug-likeness (QED) is 0.172. The molecule has 15 nitrogen and oxygen atoms in total. The third-order valence-electron chi connectivity index (χ3n) is 14.0.